The fourth-order valence-electron chi connectivity index (χ4n) is 9.10. The number of rotatable bonds is 69. The maximum Gasteiger partial charge on any atom is 0.472 e. The number of carbonyl (C=O) groups is 4. The first-order chi connectivity index (χ1) is 50.7. The monoisotopic (exact) mass is 1490 g/mol. The molecule has 0 bridgehead atoms. The van der Waals surface area contributed by atoms with Crippen LogP contribution in [0.1, 0.15) is 246 Å². The molecule has 0 aliphatic carbocycles. The van der Waals surface area contributed by atoms with Gasteiger partial charge >= 0.3 is 39.5 Å². The summed E-state index contributed by atoms with van der Waals surface area (Å²) in [5.41, 5.74) is 0. The van der Waals surface area contributed by atoms with E-state index in [0.29, 0.717) is 38.5 Å². The number of aliphatic hydroxyl groups excluding tert-OH is 1. The predicted octanol–water partition coefficient (Wildman–Crippen LogP) is 22.3. The quantitative estimate of drug-likeness (QED) is 0.0169. The number of phosphoric ester groups is 2. The summed E-state index contributed by atoms with van der Waals surface area (Å²) in [7, 11) is -10.0. The molecule has 0 rings (SSSR count). The van der Waals surface area contributed by atoms with Crippen LogP contribution in [0.2, 0.25) is 0 Å². The van der Waals surface area contributed by atoms with Crippen LogP contribution in [0.5, 0.6) is 0 Å². The zero-order valence-corrected chi connectivity index (χ0v) is 65.4. The Morgan fingerprint density at radius 1 is 0.279 bits per heavy atom. The van der Waals surface area contributed by atoms with Crippen molar-refractivity contribution < 1.29 is 80.2 Å². The maximum atomic E-state index is 13.1. The van der Waals surface area contributed by atoms with Gasteiger partial charge in [0.2, 0.25) is 0 Å². The van der Waals surface area contributed by atoms with E-state index < -0.39 is 97.5 Å². The van der Waals surface area contributed by atoms with E-state index in [2.05, 4.69) is 198 Å². The molecule has 0 amide bonds. The van der Waals surface area contributed by atoms with Gasteiger partial charge in [-0.15, -0.1) is 0 Å². The van der Waals surface area contributed by atoms with Crippen LogP contribution in [0.3, 0.4) is 0 Å². The smallest absolute Gasteiger partial charge is 0.462 e. The Kier molecular flexibility index (Phi) is 70.3. The number of phosphoric acid groups is 2. The molecule has 0 aliphatic heterocycles. The van der Waals surface area contributed by atoms with Crippen molar-refractivity contribution in [1.82, 2.24) is 0 Å². The Labute approximate surface area is 627 Å². The highest BCUT2D eigenvalue weighted by Crippen LogP contribution is 2.45. The Hall–Kier alpha value is -6.36. The molecule has 0 fully saturated rings. The second kappa shape index (κ2) is 74.9. The molecule has 0 heterocycles. The van der Waals surface area contributed by atoms with Crippen molar-refractivity contribution >= 4 is 39.5 Å². The second-order valence-corrected chi connectivity index (χ2v) is 27.3. The summed E-state index contributed by atoms with van der Waals surface area (Å²) in [5.74, 6) is -2.48. The van der Waals surface area contributed by atoms with Crippen molar-refractivity contribution in [1.29, 1.82) is 0 Å². The lowest BCUT2D eigenvalue weighted by atomic mass is 10.1. The predicted molar refractivity (Wildman–Crippen MR) is 426 cm³/mol. The van der Waals surface area contributed by atoms with Crippen molar-refractivity contribution in [3.8, 4) is 0 Å². The number of aliphatic hydroxyl groups is 1. The summed E-state index contributed by atoms with van der Waals surface area (Å²) in [6, 6.07) is 0. The summed E-state index contributed by atoms with van der Waals surface area (Å²) in [6.07, 6.45) is 92.9. The first-order valence-electron chi connectivity index (χ1n) is 38.3. The van der Waals surface area contributed by atoms with E-state index in [-0.39, 0.29) is 25.7 Å². The van der Waals surface area contributed by atoms with Crippen molar-refractivity contribution in [2.45, 2.75) is 264 Å². The Balaban J connectivity index is 5.54. The molecule has 0 aromatic carbocycles. The van der Waals surface area contributed by atoms with Crippen molar-refractivity contribution in [2.75, 3.05) is 39.6 Å². The first-order valence-corrected chi connectivity index (χ1v) is 41.3. The third-order valence-electron chi connectivity index (χ3n) is 14.8. The molecule has 17 nitrogen and oxygen atoms in total. The summed E-state index contributed by atoms with van der Waals surface area (Å²) in [6.45, 7) is 4.13. The molecule has 0 saturated heterocycles. The van der Waals surface area contributed by atoms with Gasteiger partial charge in [0.25, 0.3) is 0 Å². The highest BCUT2D eigenvalue weighted by atomic mass is 31.2. The van der Waals surface area contributed by atoms with E-state index in [1.807, 2.05) is 24.3 Å². The molecule has 0 aromatic rings. The van der Waals surface area contributed by atoms with Crippen molar-refractivity contribution in [2.24, 2.45) is 0 Å². The topological polar surface area (TPSA) is 237 Å². The fourth-order valence-corrected chi connectivity index (χ4v) is 10.7. The Bertz CT molecular complexity index is 2790. The van der Waals surface area contributed by atoms with Crippen LogP contribution in [0.15, 0.2) is 207 Å². The van der Waals surface area contributed by atoms with Crippen LogP contribution >= 0.6 is 15.6 Å². The van der Waals surface area contributed by atoms with Crippen LogP contribution < -0.4 is 0 Å². The van der Waals surface area contributed by atoms with Gasteiger partial charge < -0.3 is 33.8 Å². The minimum Gasteiger partial charge on any atom is -0.462 e. The molecule has 0 radical (unpaired) electrons. The number of esters is 4. The minimum absolute atomic E-state index is 0.0279. The van der Waals surface area contributed by atoms with Gasteiger partial charge in [0.15, 0.2) is 12.2 Å². The molecule has 0 aliphatic rings. The second-order valence-electron chi connectivity index (χ2n) is 24.4. The molecular weight excluding hydrogens is 1350 g/mol. The highest BCUT2D eigenvalue weighted by molar-refractivity contribution is 7.47. The van der Waals surface area contributed by atoms with Crippen molar-refractivity contribution in [3.63, 3.8) is 0 Å². The van der Waals surface area contributed by atoms with Gasteiger partial charge in [0.1, 0.15) is 19.3 Å². The van der Waals surface area contributed by atoms with Gasteiger partial charge in [-0.25, -0.2) is 9.13 Å². The average Bonchev–Trinajstić information content (AvgIpc) is 0.937. The SMILES string of the molecule is CC/C=C\C/C=C\C/C=C\C/C=C\C/C=C\CCCC(=O)OCC(COP(=O)(O)OCC(O)COP(=O)(O)OCC(COC(=O)CCCCCCCCC/C=C\C/C=C\C/C=C\CC)OC(=O)CCCC/C=C\C/C=C\C/C=C\C/C=C\CC)OC(=O)C/C=C\C/C=C\C/C=C\C/C=C\C/C=C\CC. The summed E-state index contributed by atoms with van der Waals surface area (Å²) < 4.78 is 68.3. The van der Waals surface area contributed by atoms with Crippen LogP contribution in [0, 0.1) is 0 Å². The van der Waals surface area contributed by atoms with Gasteiger partial charge in [0, 0.05) is 19.3 Å². The molecule has 0 aromatic heterocycles. The van der Waals surface area contributed by atoms with E-state index in [9.17, 15) is 43.2 Å². The third kappa shape index (κ3) is 73.9. The first kappa shape index (κ1) is 97.6. The van der Waals surface area contributed by atoms with Crippen LogP contribution in [-0.4, -0.2) is 96.7 Å². The molecule has 3 N–H and O–H groups in total. The van der Waals surface area contributed by atoms with Crippen LogP contribution in [0.4, 0.5) is 0 Å². The normalized spacial score (nSPS) is 15.0. The van der Waals surface area contributed by atoms with Gasteiger partial charge in [-0.3, -0.25) is 37.3 Å². The van der Waals surface area contributed by atoms with E-state index in [4.69, 9.17) is 37.0 Å². The van der Waals surface area contributed by atoms with Gasteiger partial charge in [0.05, 0.1) is 32.8 Å². The zero-order chi connectivity index (χ0) is 76.0. The standard InChI is InChI=1S/C85H132O17P2/c1-5-9-13-17-21-25-29-33-37-39-43-45-49-53-57-61-65-69-82(87)95-75-80(101-84(89)71-67-63-59-55-51-47-41-35-31-27-23-19-15-11-7-3)77-99-103(91,92)97-73-79(86)74-98-104(93,94)100-78-81(102-85(90)72-68-64-60-56-52-48-42-36-32-28-24-20-16-12-8-4)76-96-83(88)70-66-62-58-54-50-46-44-40-38-34-30-26-22-18-14-10-6-2/h9-16,21-28,33-38,41-43,45,51-53,55-57,63,67,79-81,86H,5-8,17-20,29-32,39-40,44,46-50,54,58-62,64-66,68-78H2,1-4H3,(H,91,92)(H,93,94)/b13-9-,14-10-,15-11-,16-12-,25-21-,26-22-,27-23-,28-24-,37-33-,38-34-,41-35-,42-36-,45-43-,55-51-,56-52-,57-53-,67-63-. The summed E-state index contributed by atoms with van der Waals surface area (Å²) in [5, 5.41) is 10.6. The largest absolute Gasteiger partial charge is 0.472 e. The van der Waals surface area contributed by atoms with E-state index in [1.165, 1.54) is 0 Å². The highest BCUT2D eigenvalue weighted by Gasteiger charge is 2.30. The number of ether oxygens (including phenoxy) is 4. The van der Waals surface area contributed by atoms with Gasteiger partial charge in [-0.2, -0.15) is 0 Å². The summed E-state index contributed by atoms with van der Waals surface area (Å²) >= 11 is 0. The lowest BCUT2D eigenvalue weighted by Crippen LogP contribution is -2.30. The Morgan fingerprint density at radius 3 is 0.865 bits per heavy atom. The lowest BCUT2D eigenvalue weighted by Gasteiger charge is -2.21. The van der Waals surface area contributed by atoms with E-state index >= 15 is 0 Å². The molecular formula is C85H132O17P2. The molecule has 104 heavy (non-hydrogen) atoms. The van der Waals surface area contributed by atoms with E-state index in [0.717, 1.165) is 154 Å². The maximum absolute atomic E-state index is 13.1. The van der Waals surface area contributed by atoms with Crippen molar-refractivity contribution in [3.05, 3.63) is 207 Å². The van der Waals surface area contributed by atoms with Gasteiger partial charge in [-0.05, 0) is 161 Å². The number of allylic oxidation sites excluding steroid dienone is 33. The number of unbranched alkanes of at least 4 members (excludes halogenated alkanes) is 10. The van der Waals surface area contributed by atoms with E-state index in [1.54, 1.807) is 12.2 Å². The molecule has 5 atom stereocenters. The molecule has 5 unspecified atom stereocenters. The molecule has 0 saturated carbocycles. The fraction of sp³-hybridized carbons (Fsp3) is 0.553. The number of hydrogen-bond acceptors (Lipinski definition) is 15. The Morgan fingerprint density at radius 2 is 0.519 bits per heavy atom. The van der Waals surface area contributed by atoms with Crippen LogP contribution in [0.25, 0.3) is 0 Å². The van der Waals surface area contributed by atoms with Crippen LogP contribution in [-0.2, 0) is 65.4 Å². The third-order valence-corrected chi connectivity index (χ3v) is 16.7. The average molecular weight is 1490 g/mol. The molecule has 584 valence electrons. The number of hydrogen-bond donors (Lipinski definition) is 3. The summed E-state index contributed by atoms with van der Waals surface area (Å²) in [4.78, 5) is 72.9. The van der Waals surface area contributed by atoms with Gasteiger partial charge in [-0.1, -0.05) is 266 Å². The minimum atomic E-state index is -5.03. The zero-order valence-electron chi connectivity index (χ0n) is 63.6. The number of carbonyl (C=O) groups excluding carboxylic acids is 4. The molecule has 0 spiro atoms. The molecule has 19 heteroatoms. The lowest BCUT2D eigenvalue weighted by molar-refractivity contribution is -0.161.